The molecule has 0 unspecified atom stereocenters. The van der Waals surface area contributed by atoms with Gasteiger partial charge in [0.05, 0.1) is 16.8 Å². The molecule has 1 aromatic heterocycles. The quantitative estimate of drug-likeness (QED) is 0.800. The van der Waals surface area contributed by atoms with Gasteiger partial charge in [-0.3, -0.25) is 0 Å². The van der Waals surface area contributed by atoms with Crippen LogP contribution in [0.1, 0.15) is 39.1 Å². The molecule has 0 aliphatic carbocycles. The lowest BCUT2D eigenvalue weighted by molar-refractivity contribution is 0.00578. The van der Waals surface area contributed by atoms with Gasteiger partial charge in [-0.1, -0.05) is 17.7 Å². The first-order valence-corrected chi connectivity index (χ1v) is 7.68. The lowest BCUT2D eigenvalue weighted by Gasteiger charge is -2.32. The Bertz CT molecular complexity index is 673. The minimum absolute atomic E-state index is 0.348. The Hall–Kier alpha value is -1.59. The molecule has 1 aliphatic heterocycles. The van der Waals surface area contributed by atoms with Crippen LogP contribution in [0.25, 0.3) is 5.69 Å². The fourth-order valence-electron chi connectivity index (χ4n) is 2.54. The van der Waals surface area contributed by atoms with E-state index in [1.54, 1.807) is 0 Å². The second-order valence-electron chi connectivity index (χ2n) is 7.01. The minimum atomic E-state index is -0.421. The Kier molecular flexibility index (Phi) is 3.46. The molecule has 5 heteroatoms. The van der Waals surface area contributed by atoms with Gasteiger partial charge in [0.1, 0.15) is 5.82 Å². The number of aromatic nitrogens is 2. The predicted octanol–water partition coefficient (Wildman–Crippen LogP) is 2.79. The highest BCUT2D eigenvalue weighted by atomic mass is 16.7. The highest BCUT2D eigenvalue weighted by molar-refractivity contribution is 6.61. The SMILES string of the molecule is Cc1ccc(-n2cc(B3OC(C)(C)C(C)(C)O3)nc2C)cc1. The van der Waals surface area contributed by atoms with E-state index in [0.29, 0.717) is 0 Å². The third kappa shape index (κ3) is 2.48. The summed E-state index contributed by atoms with van der Waals surface area (Å²) in [5, 5.41) is 0. The maximum absolute atomic E-state index is 6.08. The van der Waals surface area contributed by atoms with Crippen LogP contribution in [0.5, 0.6) is 0 Å². The second-order valence-corrected chi connectivity index (χ2v) is 7.01. The van der Waals surface area contributed by atoms with Crippen molar-refractivity contribution in [3.8, 4) is 5.69 Å². The van der Waals surface area contributed by atoms with Gasteiger partial charge in [0.2, 0.25) is 0 Å². The lowest BCUT2D eigenvalue weighted by Crippen LogP contribution is -2.41. The number of hydrogen-bond donors (Lipinski definition) is 0. The Morgan fingerprint density at radius 3 is 2.05 bits per heavy atom. The highest BCUT2D eigenvalue weighted by Gasteiger charge is 2.52. The fourth-order valence-corrected chi connectivity index (χ4v) is 2.54. The van der Waals surface area contributed by atoms with E-state index in [1.807, 2.05) is 13.1 Å². The van der Waals surface area contributed by atoms with E-state index in [4.69, 9.17) is 9.31 Å². The first kappa shape index (κ1) is 15.3. The molecule has 0 bridgehead atoms. The normalized spacial score (nSPS) is 19.6. The summed E-state index contributed by atoms with van der Waals surface area (Å²) in [4.78, 5) is 4.64. The standard InChI is InChI=1S/C17H23BN2O2/c1-12-7-9-14(10-8-12)20-11-15(19-13(20)2)18-21-16(3,4)17(5,6)22-18/h7-11H,1-6H3. The number of aryl methyl sites for hydroxylation is 2. The maximum atomic E-state index is 6.08. The number of imidazole rings is 1. The molecule has 0 saturated carbocycles. The molecule has 0 N–H and O–H groups in total. The van der Waals surface area contributed by atoms with Crippen molar-refractivity contribution in [2.45, 2.75) is 52.7 Å². The van der Waals surface area contributed by atoms with Crippen LogP contribution in [0.4, 0.5) is 0 Å². The molecule has 1 fully saturated rings. The summed E-state index contributed by atoms with van der Waals surface area (Å²) >= 11 is 0. The van der Waals surface area contributed by atoms with E-state index < -0.39 is 7.12 Å². The average molecular weight is 298 g/mol. The summed E-state index contributed by atoms with van der Waals surface area (Å²) in [6.45, 7) is 12.3. The van der Waals surface area contributed by atoms with Crippen LogP contribution in [0.2, 0.25) is 0 Å². The largest absolute Gasteiger partial charge is 0.516 e. The predicted molar refractivity (Wildman–Crippen MR) is 88.8 cm³/mol. The van der Waals surface area contributed by atoms with Gasteiger partial charge in [-0.15, -0.1) is 0 Å². The van der Waals surface area contributed by atoms with Crippen molar-refractivity contribution in [3.05, 3.63) is 41.9 Å². The van der Waals surface area contributed by atoms with E-state index in [0.717, 1.165) is 17.1 Å². The van der Waals surface area contributed by atoms with Crippen LogP contribution in [-0.4, -0.2) is 27.9 Å². The molecule has 22 heavy (non-hydrogen) atoms. The van der Waals surface area contributed by atoms with E-state index in [2.05, 4.69) is 68.4 Å². The Morgan fingerprint density at radius 2 is 1.50 bits per heavy atom. The van der Waals surface area contributed by atoms with Crippen LogP contribution in [0.15, 0.2) is 30.5 Å². The fraction of sp³-hybridized carbons (Fsp3) is 0.471. The first-order valence-electron chi connectivity index (χ1n) is 7.68. The molecular weight excluding hydrogens is 275 g/mol. The summed E-state index contributed by atoms with van der Waals surface area (Å²) in [6, 6.07) is 8.39. The van der Waals surface area contributed by atoms with E-state index in [9.17, 15) is 0 Å². The van der Waals surface area contributed by atoms with Crippen molar-refractivity contribution < 1.29 is 9.31 Å². The first-order chi connectivity index (χ1) is 10.2. The topological polar surface area (TPSA) is 36.3 Å². The van der Waals surface area contributed by atoms with Crippen LogP contribution >= 0.6 is 0 Å². The molecule has 4 nitrogen and oxygen atoms in total. The van der Waals surface area contributed by atoms with Gasteiger partial charge in [-0.2, -0.15) is 0 Å². The average Bonchev–Trinajstić information content (AvgIpc) is 2.89. The minimum Gasteiger partial charge on any atom is -0.398 e. The van der Waals surface area contributed by atoms with Crippen molar-refractivity contribution in [2.24, 2.45) is 0 Å². The van der Waals surface area contributed by atoms with E-state index >= 15 is 0 Å². The molecule has 0 radical (unpaired) electrons. The second kappa shape index (κ2) is 4.96. The summed E-state index contributed by atoms with van der Waals surface area (Å²) in [5.41, 5.74) is 2.46. The monoisotopic (exact) mass is 298 g/mol. The van der Waals surface area contributed by atoms with Crippen molar-refractivity contribution >= 4 is 12.7 Å². The zero-order valence-corrected chi connectivity index (χ0v) is 14.2. The zero-order chi connectivity index (χ0) is 16.1. The summed E-state index contributed by atoms with van der Waals surface area (Å²) in [7, 11) is -0.421. The van der Waals surface area contributed by atoms with Gasteiger partial charge in [0, 0.05) is 11.9 Å². The molecule has 0 atom stereocenters. The molecular formula is C17H23BN2O2. The molecule has 2 aromatic rings. The smallest absolute Gasteiger partial charge is 0.398 e. The highest BCUT2D eigenvalue weighted by Crippen LogP contribution is 2.36. The molecule has 1 saturated heterocycles. The molecule has 0 amide bonds. The van der Waals surface area contributed by atoms with Gasteiger partial charge >= 0.3 is 7.12 Å². The van der Waals surface area contributed by atoms with E-state index in [-0.39, 0.29) is 11.2 Å². The Labute approximate surface area is 132 Å². The number of benzene rings is 1. The molecule has 116 valence electrons. The van der Waals surface area contributed by atoms with E-state index in [1.165, 1.54) is 5.56 Å². The summed E-state index contributed by atoms with van der Waals surface area (Å²) in [6.07, 6.45) is 2.00. The summed E-state index contributed by atoms with van der Waals surface area (Å²) in [5.74, 6) is 0.925. The van der Waals surface area contributed by atoms with Crippen LogP contribution in [0, 0.1) is 13.8 Å². The zero-order valence-electron chi connectivity index (χ0n) is 14.2. The Morgan fingerprint density at radius 1 is 0.955 bits per heavy atom. The number of rotatable bonds is 2. The third-order valence-electron chi connectivity index (χ3n) is 4.71. The van der Waals surface area contributed by atoms with Crippen LogP contribution < -0.4 is 5.59 Å². The third-order valence-corrected chi connectivity index (χ3v) is 4.71. The van der Waals surface area contributed by atoms with Crippen molar-refractivity contribution in [3.63, 3.8) is 0 Å². The molecule has 0 spiro atoms. The molecule has 1 aromatic carbocycles. The van der Waals surface area contributed by atoms with Crippen molar-refractivity contribution in [2.75, 3.05) is 0 Å². The maximum Gasteiger partial charge on any atom is 0.516 e. The van der Waals surface area contributed by atoms with Gasteiger partial charge in [-0.05, 0) is 53.7 Å². The van der Waals surface area contributed by atoms with Crippen LogP contribution in [0.3, 0.4) is 0 Å². The van der Waals surface area contributed by atoms with Crippen molar-refractivity contribution in [1.29, 1.82) is 0 Å². The number of nitrogens with zero attached hydrogens (tertiary/aromatic N) is 2. The Balaban J connectivity index is 1.92. The van der Waals surface area contributed by atoms with Gasteiger partial charge in [-0.25, -0.2) is 4.98 Å². The summed E-state index contributed by atoms with van der Waals surface area (Å²) < 4.78 is 14.2. The van der Waals surface area contributed by atoms with Gasteiger partial charge < -0.3 is 13.9 Å². The van der Waals surface area contributed by atoms with Gasteiger partial charge in [0.25, 0.3) is 0 Å². The van der Waals surface area contributed by atoms with Gasteiger partial charge in [0.15, 0.2) is 0 Å². The number of hydrogen-bond acceptors (Lipinski definition) is 3. The lowest BCUT2D eigenvalue weighted by atomic mass is 9.86. The molecule has 2 heterocycles. The molecule has 1 aliphatic rings. The van der Waals surface area contributed by atoms with Crippen molar-refractivity contribution in [1.82, 2.24) is 9.55 Å². The molecule has 3 rings (SSSR count). The van der Waals surface area contributed by atoms with Crippen LogP contribution in [-0.2, 0) is 9.31 Å².